The van der Waals surface area contributed by atoms with E-state index < -0.39 is 0 Å². The maximum absolute atomic E-state index is 13.0. The Morgan fingerprint density at radius 3 is 2.34 bits per heavy atom. The number of carbonyl (C=O) groups excluding carboxylic acids is 2. The van der Waals surface area contributed by atoms with Gasteiger partial charge in [0.1, 0.15) is 11.2 Å². The third-order valence-electron chi connectivity index (χ3n) is 5.29. The van der Waals surface area contributed by atoms with Gasteiger partial charge in [0.15, 0.2) is 11.4 Å². The average Bonchev–Trinajstić information content (AvgIpc) is 3.18. The summed E-state index contributed by atoms with van der Waals surface area (Å²) in [5, 5.41) is 7.53. The quantitative estimate of drug-likeness (QED) is 0.474. The highest BCUT2D eigenvalue weighted by Gasteiger charge is 2.15. The lowest BCUT2D eigenvalue weighted by Crippen LogP contribution is -2.26. The Bertz CT molecular complexity index is 1370. The highest BCUT2D eigenvalue weighted by atomic mass is 16.2. The fourth-order valence-corrected chi connectivity index (χ4v) is 3.47. The third-order valence-corrected chi connectivity index (χ3v) is 5.29. The van der Waals surface area contributed by atoms with Gasteiger partial charge in [-0.05, 0) is 57.2 Å². The zero-order valence-corrected chi connectivity index (χ0v) is 18.1. The smallest absolute Gasteiger partial charge is 0.264 e. The molecule has 0 saturated heterocycles. The number of ketones is 1. The van der Waals surface area contributed by atoms with Crippen LogP contribution in [0.2, 0.25) is 0 Å². The van der Waals surface area contributed by atoms with Crippen molar-refractivity contribution < 1.29 is 9.59 Å². The second kappa shape index (κ2) is 8.58. The van der Waals surface area contributed by atoms with Crippen LogP contribution in [0.15, 0.2) is 59.5 Å². The zero-order chi connectivity index (χ0) is 22.8. The van der Waals surface area contributed by atoms with E-state index in [9.17, 15) is 14.4 Å². The van der Waals surface area contributed by atoms with E-state index in [0.717, 1.165) is 11.3 Å². The number of Topliss-reactive ketones (excluding diaryl/α,β-unsaturated/α-hetero) is 1. The Kier molecular flexibility index (Phi) is 5.68. The number of fused-ring (bicyclic) bond motifs is 1. The highest BCUT2D eigenvalue weighted by molar-refractivity contribution is 5.95. The first-order valence-electron chi connectivity index (χ1n) is 10.3. The van der Waals surface area contributed by atoms with Crippen molar-refractivity contribution in [1.82, 2.24) is 19.3 Å². The van der Waals surface area contributed by atoms with Gasteiger partial charge in [0.05, 0.1) is 11.9 Å². The predicted octanol–water partition coefficient (Wildman–Crippen LogP) is 3.43. The van der Waals surface area contributed by atoms with Crippen LogP contribution in [0.4, 0.5) is 5.69 Å². The van der Waals surface area contributed by atoms with Crippen LogP contribution >= 0.6 is 0 Å². The number of carbonyl (C=O) groups is 2. The lowest BCUT2D eigenvalue weighted by Gasteiger charge is -2.11. The largest absolute Gasteiger partial charge is 0.326 e. The molecule has 0 fully saturated rings. The number of hydrogen-bond acceptors (Lipinski definition) is 5. The van der Waals surface area contributed by atoms with Crippen molar-refractivity contribution in [2.45, 2.75) is 33.7 Å². The molecule has 162 valence electrons. The summed E-state index contributed by atoms with van der Waals surface area (Å²) in [6, 6.07) is 14.5. The number of amides is 1. The maximum atomic E-state index is 13.0. The van der Waals surface area contributed by atoms with E-state index in [0.29, 0.717) is 28.1 Å². The van der Waals surface area contributed by atoms with E-state index in [1.807, 2.05) is 31.2 Å². The fraction of sp³-hybridized carbons (Fsp3) is 0.208. The molecule has 2 heterocycles. The van der Waals surface area contributed by atoms with Crippen LogP contribution in [0.3, 0.4) is 0 Å². The Hall–Kier alpha value is -4.07. The van der Waals surface area contributed by atoms with Gasteiger partial charge in [-0.25, -0.2) is 9.67 Å². The Morgan fingerprint density at radius 1 is 1.00 bits per heavy atom. The molecule has 0 spiro atoms. The molecule has 2 aromatic heterocycles. The fourth-order valence-electron chi connectivity index (χ4n) is 3.47. The van der Waals surface area contributed by atoms with Crippen LogP contribution in [0.25, 0.3) is 16.7 Å². The van der Waals surface area contributed by atoms with Crippen LogP contribution in [0.1, 0.15) is 35.1 Å². The number of anilines is 1. The number of nitrogens with one attached hydrogen (secondary N) is 1. The van der Waals surface area contributed by atoms with E-state index in [-0.39, 0.29) is 30.2 Å². The molecule has 0 atom stereocenters. The van der Waals surface area contributed by atoms with Crippen molar-refractivity contribution in [3.8, 4) is 5.69 Å². The molecule has 32 heavy (non-hydrogen) atoms. The summed E-state index contributed by atoms with van der Waals surface area (Å²) in [4.78, 5) is 41.3. The standard InChI is InChI=1S/C24H23N5O3/c1-15-4-10-20(11-5-15)29-23-21(14-25-29)24(32)28(17(3)26-23)13-12-22(31)27-19-8-6-18(7-9-19)16(2)30/h4-11,14H,12-13H2,1-3H3,(H,27,31). The second-order valence-electron chi connectivity index (χ2n) is 7.68. The average molecular weight is 429 g/mol. The number of rotatable bonds is 6. The van der Waals surface area contributed by atoms with Gasteiger partial charge in [-0.2, -0.15) is 5.10 Å². The van der Waals surface area contributed by atoms with Crippen LogP contribution < -0.4 is 10.9 Å². The maximum Gasteiger partial charge on any atom is 0.264 e. The molecule has 4 rings (SSSR count). The van der Waals surface area contributed by atoms with E-state index >= 15 is 0 Å². The third kappa shape index (κ3) is 4.20. The summed E-state index contributed by atoms with van der Waals surface area (Å²) in [6.45, 7) is 5.43. The minimum Gasteiger partial charge on any atom is -0.326 e. The predicted molar refractivity (Wildman–Crippen MR) is 122 cm³/mol. The topological polar surface area (TPSA) is 98.9 Å². The number of aromatic nitrogens is 4. The monoisotopic (exact) mass is 429 g/mol. The normalized spacial score (nSPS) is 11.0. The molecular weight excluding hydrogens is 406 g/mol. The van der Waals surface area contributed by atoms with E-state index in [1.165, 1.54) is 17.7 Å². The van der Waals surface area contributed by atoms with Crippen LogP contribution in [-0.4, -0.2) is 31.0 Å². The summed E-state index contributed by atoms with van der Waals surface area (Å²) >= 11 is 0. The van der Waals surface area contributed by atoms with Gasteiger partial charge in [0.2, 0.25) is 5.91 Å². The first-order valence-corrected chi connectivity index (χ1v) is 10.3. The van der Waals surface area contributed by atoms with Gasteiger partial charge in [-0.1, -0.05) is 17.7 Å². The van der Waals surface area contributed by atoms with Gasteiger partial charge in [0.25, 0.3) is 5.56 Å². The molecule has 1 N–H and O–H groups in total. The lowest BCUT2D eigenvalue weighted by molar-refractivity contribution is -0.116. The molecule has 4 aromatic rings. The van der Waals surface area contributed by atoms with Crippen molar-refractivity contribution in [3.63, 3.8) is 0 Å². The minimum atomic E-state index is -0.234. The van der Waals surface area contributed by atoms with Crippen LogP contribution in [0, 0.1) is 13.8 Å². The summed E-state index contributed by atoms with van der Waals surface area (Å²) in [6.07, 6.45) is 1.62. The first-order chi connectivity index (χ1) is 15.3. The highest BCUT2D eigenvalue weighted by Crippen LogP contribution is 2.16. The molecule has 0 unspecified atom stereocenters. The molecule has 8 nitrogen and oxygen atoms in total. The number of benzene rings is 2. The molecule has 0 aliphatic heterocycles. The van der Waals surface area contributed by atoms with Gasteiger partial charge in [-0.3, -0.25) is 19.0 Å². The minimum absolute atomic E-state index is 0.0358. The molecule has 2 aromatic carbocycles. The van der Waals surface area contributed by atoms with Crippen LogP contribution in [0.5, 0.6) is 0 Å². The summed E-state index contributed by atoms with van der Waals surface area (Å²) in [7, 11) is 0. The Balaban J connectivity index is 1.52. The van der Waals surface area contributed by atoms with Gasteiger partial charge >= 0.3 is 0 Å². The molecule has 0 aliphatic rings. The van der Waals surface area contributed by atoms with E-state index in [1.54, 1.807) is 35.9 Å². The zero-order valence-electron chi connectivity index (χ0n) is 18.1. The SMILES string of the molecule is CC(=O)c1ccc(NC(=O)CCn2c(C)nc3c(cnn3-c3ccc(C)cc3)c2=O)cc1. The van der Waals surface area contributed by atoms with Crippen molar-refractivity contribution in [1.29, 1.82) is 0 Å². The Morgan fingerprint density at radius 2 is 1.69 bits per heavy atom. The molecule has 8 heteroatoms. The van der Waals surface area contributed by atoms with Gasteiger partial charge in [-0.15, -0.1) is 0 Å². The van der Waals surface area contributed by atoms with Crippen LogP contribution in [-0.2, 0) is 11.3 Å². The molecule has 1 amide bonds. The molecule has 0 radical (unpaired) electrons. The van der Waals surface area contributed by atoms with Gasteiger partial charge in [0, 0.05) is 24.2 Å². The van der Waals surface area contributed by atoms with Crippen molar-refractivity contribution >= 4 is 28.4 Å². The molecule has 0 aliphatic carbocycles. The molecule has 0 bridgehead atoms. The van der Waals surface area contributed by atoms with Crippen molar-refractivity contribution in [3.05, 3.63) is 82.0 Å². The second-order valence-corrected chi connectivity index (χ2v) is 7.68. The number of hydrogen-bond donors (Lipinski definition) is 1. The summed E-state index contributed by atoms with van der Waals surface area (Å²) in [5.74, 6) is 0.239. The number of nitrogens with zero attached hydrogens (tertiary/aromatic N) is 4. The molecule has 0 saturated carbocycles. The Labute approximate surface area is 184 Å². The van der Waals surface area contributed by atoms with Crippen molar-refractivity contribution in [2.24, 2.45) is 0 Å². The van der Waals surface area contributed by atoms with Gasteiger partial charge < -0.3 is 5.32 Å². The van der Waals surface area contributed by atoms with E-state index in [4.69, 9.17) is 0 Å². The lowest BCUT2D eigenvalue weighted by atomic mass is 10.1. The summed E-state index contributed by atoms with van der Waals surface area (Å²) in [5.41, 5.74) is 3.38. The first kappa shape index (κ1) is 21.2. The van der Waals surface area contributed by atoms with Crippen molar-refractivity contribution in [2.75, 3.05) is 5.32 Å². The van der Waals surface area contributed by atoms with E-state index in [2.05, 4.69) is 15.4 Å². The molecular formula is C24H23N5O3. The number of aryl methyl sites for hydroxylation is 2. The summed E-state index contributed by atoms with van der Waals surface area (Å²) < 4.78 is 3.13.